The predicted octanol–water partition coefficient (Wildman–Crippen LogP) is 4.94. The van der Waals surface area contributed by atoms with Gasteiger partial charge in [0.25, 0.3) is 0 Å². The van der Waals surface area contributed by atoms with E-state index in [1.54, 1.807) is 11.8 Å². The van der Waals surface area contributed by atoms with Crippen LogP contribution in [0.2, 0.25) is 0 Å². The molecule has 5 heteroatoms. The SMILES string of the molecule is CC(C)c1ccc(N2C(=O)CSC2c2cccc(NC(=O)C3CC3)c2)cc1. The van der Waals surface area contributed by atoms with E-state index in [9.17, 15) is 9.59 Å². The third kappa shape index (κ3) is 3.88. The molecular formula is C22H24N2O2S. The Kier molecular flexibility index (Phi) is 4.96. The molecule has 1 N–H and O–H groups in total. The number of hydrogen-bond donors (Lipinski definition) is 1. The Morgan fingerprint density at radius 3 is 2.56 bits per heavy atom. The van der Waals surface area contributed by atoms with Gasteiger partial charge >= 0.3 is 0 Å². The van der Waals surface area contributed by atoms with Crippen LogP contribution >= 0.6 is 11.8 Å². The molecule has 4 rings (SSSR count). The fourth-order valence-electron chi connectivity index (χ4n) is 3.33. The van der Waals surface area contributed by atoms with Crippen molar-refractivity contribution in [1.29, 1.82) is 0 Å². The summed E-state index contributed by atoms with van der Waals surface area (Å²) < 4.78 is 0. The second-order valence-electron chi connectivity index (χ2n) is 7.56. The summed E-state index contributed by atoms with van der Waals surface area (Å²) in [6, 6.07) is 16.1. The highest BCUT2D eigenvalue weighted by molar-refractivity contribution is 8.00. The van der Waals surface area contributed by atoms with Gasteiger partial charge in [0, 0.05) is 17.3 Å². The summed E-state index contributed by atoms with van der Waals surface area (Å²) in [5.74, 6) is 1.32. The molecule has 4 nitrogen and oxygen atoms in total. The first-order valence-corrected chi connectivity index (χ1v) is 10.5. The Balaban J connectivity index is 1.58. The lowest BCUT2D eigenvalue weighted by molar-refractivity contribution is -0.117. The standard InChI is InChI=1S/C22H24N2O2S/c1-14(2)15-8-10-19(11-9-15)24-20(25)13-27-22(24)17-4-3-5-18(12-17)23-21(26)16-6-7-16/h3-5,8-12,14,16,22H,6-7,13H2,1-2H3,(H,23,26). The van der Waals surface area contributed by atoms with Gasteiger partial charge in [-0.1, -0.05) is 38.1 Å². The zero-order valence-electron chi connectivity index (χ0n) is 15.6. The van der Waals surface area contributed by atoms with Crippen LogP contribution in [-0.2, 0) is 9.59 Å². The Morgan fingerprint density at radius 1 is 1.15 bits per heavy atom. The van der Waals surface area contributed by atoms with E-state index in [2.05, 4.69) is 31.3 Å². The highest BCUT2D eigenvalue weighted by Crippen LogP contribution is 2.42. The Labute approximate surface area is 164 Å². The summed E-state index contributed by atoms with van der Waals surface area (Å²) >= 11 is 1.63. The molecule has 1 saturated carbocycles. The number of carbonyl (C=O) groups excluding carboxylic acids is 2. The third-order valence-electron chi connectivity index (χ3n) is 5.09. The highest BCUT2D eigenvalue weighted by atomic mass is 32.2. The van der Waals surface area contributed by atoms with E-state index in [4.69, 9.17) is 0 Å². The van der Waals surface area contributed by atoms with Crippen LogP contribution < -0.4 is 10.2 Å². The van der Waals surface area contributed by atoms with Crippen molar-refractivity contribution in [3.05, 3.63) is 59.7 Å². The summed E-state index contributed by atoms with van der Waals surface area (Å²) in [5, 5.41) is 2.93. The molecule has 1 heterocycles. The minimum atomic E-state index is -0.0693. The molecule has 27 heavy (non-hydrogen) atoms. The van der Waals surface area contributed by atoms with Gasteiger partial charge in [-0.25, -0.2) is 0 Å². The number of nitrogens with one attached hydrogen (secondary N) is 1. The third-order valence-corrected chi connectivity index (χ3v) is 6.31. The van der Waals surface area contributed by atoms with E-state index in [-0.39, 0.29) is 23.1 Å². The smallest absolute Gasteiger partial charge is 0.238 e. The molecule has 0 spiro atoms. The normalized spacial score (nSPS) is 19.6. The van der Waals surface area contributed by atoms with Crippen LogP contribution in [0.4, 0.5) is 11.4 Å². The van der Waals surface area contributed by atoms with Gasteiger partial charge in [0.05, 0.1) is 5.75 Å². The van der Waals surface area contributed by atoms with Crippen LogP contribution in [-0.4, -0.2) is 17.6 Å². The van der Waals surface area contributed by atoms with Gasteiger partial charge in [-0.3, -0.25) is 14.5 Å². The van der Waals surface area contributed by atoms with Gasteiger partial charge in [0.2, 0.25) is 11.8 Å². The lowest BCUT2D eigenvalue weighted by Gasteiger charge is -2.25. The topological polar surface area (TPSA) is 49.4 Å². The van der Waals surface area contributed by atoms with E-state index >= 15 is 0 Å². The van der Waals surface area contributed by atoms with Crippen LogP contribution in [0.15, 0.2) is 48.5 Å². The minimum absolute atomic E-state index is 0.0693. The monoisotopic (exact) mass is 380 g/mol. The van der Waals surface area contributed by atoms with E-state index in [0.29, 0.717) is 11.7 Å². The Morgan fingerprint density at radius 2 is 1.89 bits per heavy atom. The van der Waals surface area contributed by atoms with Crippen LogP contribution in [0.3, 0.4) is 0 Å². The molecule has 140 valence electrons. The number of rotatable bonds is 5. The zero-order chi connectivity index (χ0) is 19.0. The molecule has 1 aliphatic heterocycles. The molecule has 0 bridgehead atoms. The first-order chi connectivity index (χ1) is 13.0. The molecule has 2 aliphatic rings. The van der Waals surface area contributed by atoms with Crippen LogP contribution in [0.25, 0.3) is 0 Å². The highest BCUT2D eigenvalue weighted by Gasteiger charge is 2.34. The fourth-order valence-corrected chi connectivity index (χ4v) is 4.50. The molecule has 2 aromatic rings. The molecular weight excluding hydrogens is 356 g/mol. The van der Waals surface area contributed by atoms with Gasteiger partial charge < -0.3 is 5.32 Å². The molecule has 2 aromatic carbocycles. The number of anilines is 2. The molecule has 1 saturated heterocycles. The summed E-state index contributed by atoms with van der Waals surface area (Å²) in [6.07, 6.45) is 1.97. The molecule has 1 aliphatic carbocycles. The Bertz CT molecular complexity index is 859. The number of amides is 2. The van der Waals surface area contributed by atoms with Crippen molar-refractivity contribution in [3.63, 3.8) is 0 Å². The van der Waals surface area contributed by atoms with Crippen molar-refractivity contribution >= 4 is 35.0 Å². The van der Waals surface area contributed by atoms with Crippen molar-refractivity contribution in [2.24, 2.45) is 5.92 Å². The van der Waals surface area contributed by atoms with Crippen molar-refractivity contribution in [1.82, 2.24) is 0 Å². The van der Waals surface area contributed by atoms with Crippen LogP contribution in [0.1, 0.15) is 49.1 Å². The number of hydrogen-bond acceptors (Lipinski definition) is 3. The van der Waals surface area contributed by atoms with Crippen molar-refractivity contribution < 1.29 is 9.59 Å². The van der Waals surface area contributed by atoms with Crippen molar-refractivity contribution in [2.45, 2.75) is 38.0 Å². The van der Waals surface area contributed by atoms with E-state index < -0.39 is 0 Å². The second kappa shape index (κ2) is 7.39. The maximum absolute atomic E-state index is 12.6. The lowest BCUT2D eigenvalue weighted by Crippen LogP contribution is -2.27. The van der Waals surface area contributed by atoms with Gasteiger partial charge in [-0.05, 0) is 54.2 Å². The molecule has 0 radical (unpaired) electrons. The lowest BCUT2D eigenvalue weighted by atomic mass is 10.0. The van der Waals surface area contributed by atoms with Crippen LogP contribution in [0.5, 0.6) is 0 Å². The second-order valence-corrected chi connectivity index (χ2v) is 8.63. The van der Waals surface area contributed by atoms with Gasteiger partial charge in [-0.15, -0.1) is 11.8 Å². The fraction of sp³-hybridized carbons (Fsp3) is 0.364. The molecule has 1 atom stereocenters. The minimum Gasteiger partial charge on any atom is -0.326 e. The zero-order valence-corrected chi connectivity index (χ0v) is 16.5. The van der Waals surface area contributed by atoms with Crippen LogP contribution in [0, 0.1) is 5.92 Å². The molecule has 2 amide bonds. The quantitative estimate of drug-likeness (QED) is 0.799. The van der Waals surface area contributed by atoms with Gasteiger partial charge in [0.15, 0.2) is 0 Å². The summed E-state index contributed by atoms with van der Waals surface area (Å²) in [6.45, 7) is 4.33. The van der Waals surface area contributed by atoms with Crippen molar-refractivity contribution in [3.8, 4) is 0 Å². The average molecular weight is 381 g/mol. The maximum atomic E-state index is 12.6. The average Bonchev–Trinajstić information content (AvgIpc) is 3.44. The summed E-state index contributed by atoms with van der Waals surface area (Å²) in [5.41, 5.74) is 4.03. The number of benzene rings is 2. The summed E-state index contributed by atoms with van der Waals surface area (Å²) in [4.78, 5) is 26.5. The number of nitrogens with zero attached hydrogens (tertiary/aromatic N) is 1. The van der Waals surface area contributed by atoms with Gasteiger partial charge in [0.1, 0.15) is 5.37 Å². The number of thioether (sulfide) groups is 1. The number of carbonyl (C=O) groups is 2. The predicted molar refractivity (Wildman–Crippen MR) is 111 cm³/mol. The molecule has 1 unspecified atom stereocenters. The summed E-state index contributed by atoms with van der Waals surface area (Å²) in [7, 11) is 0. The molecule has 0 aromatic heterocycles. The first-order valence-electron chi connectivity index (χ1n) is 9.47. The van der Waals surface area contributed by atoms with E-state index in [1.807, 2.05) is 41.3 Å². The Hall–Kier alpha value is -2.27. The maximum Gasteiger partial charge on any atom is 0.238 e. The van der Waals surface area contributed by atoms with E-state index in [0.717, 1.165) is 29.8 Å². The van der Waals surface area contributed by atoms with Crippen molar-refractivity contribution in [2.75, 3.05) is 16.0 Å². The largest absolute Gasteiger partial charge is 0.326 e. The molecule has 2 fully saturated rings. The van der Waals surface area contributed by atoms with Gasteiger partial charge in [-0.2, -0.15) is 0 Å². The van der Waals surface area contributed by atoms with E-state index in [1.165, 1.54) is 5.56 Å². The first kappa shape index (κ1) is 18.1.